The average molecular weight is 416 g/mol. The first-order chi connectivity index (χ1) is 8.04. The summed E-state index contributed by atoms with van der Waals surface area (Å²) in [7, 11) is 1.60. The van der Waals surface area contributed by atoms with Gasteiger partial charge in [-0.3, -0.25) is 4.79 Å². The van der Waals surface area contributed by atoms with Gasteiger partial charge < -0.3 is 10.1 Å². The van der Waals surface area contributed by atoms with Crippen molar-refractivity contribution in [1.29, 1.82) is 0 Å². The first-order valence-electron chi connectivity index (χ1n) is 4.91. The Morgan fingerprint density at radius 1 is 1.65 bits per heavy atom. The Morgan fingerprint density at radius 2 is 2.35 bits per heavy atom. The van der Waals surface area contributed by atoms with Crippen LogP contribution < -0.4 is 5.32 Å². The molecule has 3 nitrogen and oxygen atoms in total. The van der Waals surface area contributed by atoms with Crippen LogP contribution in [0.15, 0.2) is 18.2 Å². The normalized spacial score (nSPS) is 12.2. The molecule has 0 heterocycles. The Balaban J connectivity index is 2.58. The number of rotatable bonds is 5. The molecule has 0 saturated heterocycles. The molecule has 0 aromatic heterocycles. The molecule has 0 aliphatic carbocycles. The van der Waals surface area contributed by atoms with Gasteiger partial charge in [0.25, 0.3) is 5.91 Å². The molecule has 0 saturated carbocycles. The molecular formula is C11H12BrFINO2. The highest BCUT2D eigenvalue weighted by atomic mass is 127. The largest absolute Gasteiger partial charge is 0.383 e. The maximum absolute atomic E-state index is 12.9. The third-order valence-corrected chi connectivity index (χ3v) is 3.49. The van der Waals surface area contributed by atoms with Crippen LogP contribution in [0.4, 0.5) is 4.39 Å². The second-order valence-electron chi connectivity index (χ2n) is 3.39. The maximum atomic E-state index is 12.9. The summed E-state index contributed by atoms with van der Waals surface area (Å²) in [6, 6.07) is 4.08. The Kier molecular flexibility index (Phi) is 6.35. The molecule has 0 bridgehead atoms. The van der Waals surface area contributed by atoms with E-state index < -0.39 is 0 Å². The topological polar surface area (TPSA) is 38.3 Å². The zero-order valence-corrected chi connectivity index (χ0v) is 12.9. The summed E-state index contributed by atoms with van der Waals surface area (Å²) >= 11 is 5.31. The lowest BCUT2D eigenvalue weighted by molar-refractivity contribution is 0.0949. The number of alkyl halides is 1. The number of methoxy groups -OCH3 is 1. The Hall–Kier alpha value is -0.210. The first kappa shape index (κ1) is 14.8. The van der Waals surface area contributed by atoms with Crippen LogP contribution in [0.1, 0.15) is 10.4 Å². The fraction of sp³-hybridized carbons (Fsp3) is 0.364. The molecule has 1 N–H and O–H groups in total. The molecule has 1 atom stereocenters. The summed E-state index contributed by atoms with van der Waals surface area (Å²) in [5.74, 6) is -0.557. The van der Waals surface area contributed by atoms with Crippen LogP contribution in [0.2, 0.25) is 0 Å². The Bertz CT molecular complexity index is 403. The number of halogens is 3. The van der Waals surface area contributed by atoms with Gasteiger partial charge in [0.05, 0.1) is 17.0 Å². The molecule has 94 valence electrons. The first-order valence-corrected chi connectivity index (χ1v) is 6.90. The summed E-state index contributed by atoms with van der Waals surface area (Å²) in [5.41, 5.74) is 0.476. The SMILES string of the molecule is COCC(Br)CNC(=O)c1ccc(F)cc1I. The molecule has 0 aliphatic rings. The van der Waals surface area contributed by atoms with Crippen molar-refractivity contribution in [2.45, 2.75) is 4.83 Å². The predicted molar refractivity (Wildman–Crippen MR) is 76.0 cm³/mol. The summed E-state index contributed by atoms with van der Waals surface area (Å²) in [6.07, 6.45) is 0. The van der Waals surface area contributed by atoms with E-state index in [2.05, 4.69) is 21.2 Å². The minimum atomic E-state index is -0.344. The van der Waals surface area contributed by atoms with Crippen molar-refractivity contribution < 1.29 is 13.9 Å². The molecule has 6 heteroatoms. The van der Waals surface area contributed by atoms with E-state index in [1.54, 1.807) is 7.11 Å². The third-order valence-electron chi connectivity index (χ3n) is 2.01. The standard InChI is InChI=1S/C11H12BrFINO2/c1-17-6-7(12)5-15-11(16)9-3-2-8(13)4-10(9)14/h2-4,7H,5-6H2,1H3,(H,15,16). The van der Waals surface area contributed by atoms with E-state index in [9.17, 15) is 9.18 Å². The van der Waals surface area contributed by atoms with Crippen molar-refractivity contribution in [3.8, 4) is 0 Å². The lowest BCUT2D eigenvalue weighted by Gasteiger charge is -2.11. The van der Waals surface area contributed by atoms with E-state index in [1.807, 2.05) is 22.6 Å². The van der Waals surface area contributed by atoms with Gasteiger partial charge in [-0.2, -0.15) is 0 Å². The lowest BCUT2D eigenvalue weighted by atomic mass is 10.2. The van der Waals surface area contributed by atoms with Crippen LogP contribution >= 0.6 is 38.5 Å². The molecule has 0 spiro atoms. The monoisotopic (exact) mass is 415 g/mol. The fourth-order valence-electron chi connectivity index (χ4n) is 1.21. The quantitative estimate of drug-likeness (QED) is 0.593. The summed E-state index contributed by atoms with van der Waals surface area (Å²) < 4.78 is 18.4. The third kappa shape index (κ3) is 4.89. The van der Waals surface area contributed by atoms with Gasteiger partial charge in [-0.05, 0) is 40.8 Å². The van der Waals surface area contributed by atoms with Gasteiger partial charge in [0.2, 0.25) is 0 Å². The highest BCUT2D eigenvalue weighted by molar-refractivity contribution is 14.1. The minimum Gasteiger partial charge on any atom is -0.383 e. The molecule has 0 radical (unpaired) electrons. The van der Waals surface area contributed by atoms with Gasteiger partial charge in [-0.15, -0.1) is 0 Å². The number of ether oxygens (including phenoxy) is 1. The van der Waals surface area contributed by atoms with Crippen molar-refractivity contribution in [1.82, 2.24) is 5.32 Å². The van der Waals surface area contributed by atoms with Crippen LogP contribution in [0.25, 0.3) is 0 Å². The Morgan fingerprint density at radius 3 is 2.94 bits per heavy atom. The van der Waals surface area contributed by atoms with Crippen molar-refractivity contribution >= 4 is 44.4 Å². The van der Waals surface area contributed by atoms with Crippen molar-refractivity contribution in [3.05, 3.63) is 33.1 Å². The van der Waals surface area contributed by atoms with Crippen molar-refractivity contribution in [2.75, 3.05) is 20.3 Å². The number of carbonyl (C=O) groups is 1. The molecule has 1 aromatic rings. The number of hydrogen-bond donors (Lipinski definition) is 1. The zero-order chi connectivity index (χ0) is 12.8. The fourth-order valence-corrected chi connectivity index (χ4v) is 2.36. The smallest absolute Gasteiger partial charge is 0.252 e. The number of benzene rings is 1. The second kappa shape index (κ2) is 7.27. The van der Waals surface area contributed by atoms with E-state index in [0.29, 0.717) is 22.3 Å². The van der Waals surface area contributed by atoms with Crippen LogP contribution in [-0.2, 0) is 4.74 Å². The van der Waals surface area contributed by atoms with Crippen molar-refractivity contribution in [2.24, 2.45) is 0 Å². The summed E-state index contributed by atoms with van der Waals surface area (Å²) in [5, 5.41) is 2.75. The summed E-state index contributed by atoms with van der Waals surface area (Å²) in [6.45, 7) is 0.973. The van der Waals surface area contributed by atoms with E-state index in [4.69, 9.17) is 4.74 Å². The minimum absolute atomic E-state index is 0.0644. The van der Waals surface area contributed by atoms with Gasteiger partial charge in [0.15, 0.2) is 0 Å². The van der Waals surface area contributed by atoms with E-state index in [1.165, 1.54) is 18.2 Å². The number of amides is 1. The van der Waals surface area contributed by atoms with Gasteiger partial charge in [-0.25, -0.2) is 4.39 Å². The van der Waals surface area contributed by atoms with Crippen molar-refractivity contribution in [3.63, 3.8) is 0 Å². The van der Waals surface area contributed by atoms with Gasteiger partial charge >= 0.3 is 0 Å². The van der Waals surface area contributed by atoms with Crippen LogP contribution in [-0.4, -0.2) is 31.0 Å². The molecule has 0 aliphatic heterocycles. The summed E-state index contributed by atoms with van der Waals surface area (Å²) in [4.78, 5) is 11.8. The molecule has 17 heavy (non-hydrogen) atoms. The molecular weight excluding hydrogens is 404 g/mol. The van der Waals surface area contributed by atoms with E-state index in [-0.39, 0.29) is 16.6 Å². The molecule has 0 fully saturated rings. The van der Waals surface area contributed by atoms with Crippen LogP contribution in [0.5, 0.6) is 0 Å². The molecule has 1 unspecified atom stereocenters. The predicted octanol–water partition coefficient (Wildman–Crippen LogP) is 2.57. The van der Waals surface area contributed by atoms with E-state index in [0.717, 1.165) is 0 Å². The molecule has 1 amide bonds. The molecule has 1 rings (SSSR count). The lowest BCUT2D eigenvalue weighted by Crippen LogP contribution is -2.31. The number of hydrogen-bond acceptors (Lipinski definition) is 2. The van der Waals surface area contributed by atoms with Gasteiger partial charge in [0.1, 0.15) is 5.82 Å². The highest BCUT2D eigenvalue weighted by Crippen LogP contribution is 2.13. The second-order valence-corrected chi connectivity index (χ2v) is 5.84. The highest BCUT2D eigenvalue weighted by Gasteiger charge is 2.12. The average Bonchev–Trinajstić information content (AvgIpc) is 2.26. The van der Waals surface area contributed by atoms with Gasteiger partial charge in [0, 0.05) is 17.2 Å². The number of carbonyl (C=O) groups excluding carboxylic acids is 1. The zero-order valence-electron chi connectivity index (χ0n) is 9.17. The van der Waals surface area contributed by atoms with Crippen LogP contribution in [0, 0.1) is 9.39 Å². The molecule has 1 aromatic carbocycles. The Labute approximate surface area is 121 Å². The van der Waals surface area contributed by atoms with E-state index >= 15 is 0 Å². The number of nitrogens with one attached hydrogen (secondary N) is 1. The van der Waals surface area contributed by atoms with Crippen LogP contribution in [0.3, 0.4) is 0 Å². The van der Waals surface area contributed by atoms with Gasteiger partial charge in [-0.1, -0.05) is 15.9 Å². The maximum Gasteiger partial charge on any atom is 0.252 e.